The highest BCUT2D eigenvalue weighted by atomic mass is 19.4. The molecule has 1 atom stereocenters. The Morgan fingerprint density at radius 2 is 2.19 bits per heavy atom. The van der Waals surface area contributed by atoms with Gasteiger partial charge in [-0.1, -0.05) is 0 Å². The minimum absolute atomic E-state index is 0.118. The summed E-state index contributed by atoms with van der Waals surface area (Å²) in [6.07, 6.45) is -1.15. The van der Waals surface area contributed by atoms with Gasteiger partial charge in [-0.25, -0.2) is 0 Å². The third-order valence-electron chi connectivity index (χ3n) is 2.15. The van der Waals surface area contributed by atoms with Crippen LogP contribution in [0.25, 0.3) is 0 Å². The van der Waals surface area contributed by atoms with Crippen LogP contribution in [0, 0.1) is 0 Å². The van der Waals surface area contributed by atoms with Gasteiger partial charge in [-0.3, -0.25) is 4.68 Å². The van der Waals surface area contributed by atoms with Crippen LogP contribution < -0.4 is 5.32 Å². The molecule has 0 amide bonds. The molecule has 1 unspecified atom stereocenters. The molecule has 1 rings (SSSR count). The molecule has 1 N–H and O–H groups in total. The molecule has 16 heavy (non-hydrogen) atoms. The van der Waals surface area contributed by atoms with E-state index in [0.717, 1.165) is 0 Å². The zero-order valence-electron chi connectivity index (χ0n) is 9.17. The molecule has 1 aromatic heterocycles. The number of alkyl halides is 3. The van der Waals surface area contributed by atoms with Gasteiger partial charge < -0.3 is 5.32 Å². The Labute approximate surface area is 92.6 Å². The van der Waals surface area contributed by atoms with E-state index in [0.29, 0.717) is 13.1 Å². The Morgan fingerprint density at radius 3 is 2.75 bits per heavy atom. The molecule has 0 aromatic carbocycles. The number of rotatable bonds is 6. The lowest BCUT2D eigenvalue weighted by Crippen LogP contribution is -2.31. The highest BCUT2D eigenvalue weighted by Crippen LogP contribution is 2.20. The van der Waals surface area contributed by atoms with Gasteiger partial charge in [-0.2, -0.15) is 18.3 Å². The summed E-state index contributed by atoms with van der Waals surface area (Å²) in [7, 11) is 0. The summed E-state index contributed by atoms with van der Waals surface area (Å²) in [6, 6.07) is 1.93. The van der Waals surface area contributed by atoms with E-state index in [1.165, 1.54) is 0 Å². The molecule has 0 fully saturated rings. The fraction of sp³-hybridized carbons (Fsp3) is 0.700. The quantitative estimate of drug-likeness (QED) is 0.766. The SMILES string of the molecule is CC(Cn1cccn1)NCCCC(F)(F)F. The first-order valence-corrected chi connectivity index (χ1v) is 5.25. The van der Waals surface area contributed by atoms with Crippen molar-refractivity contribution in [2.45, 2.75) is 38.5 Å². The van der Waals surface area contributed by atoms with E-state index in [2.05, 4.69) is 10.4 Å². The van der Waals surface area contributed by atoms with Crippen LogP contribution in [-0.2, 0) is 6.54 Å². The van der Waals surface area contributed by atoms with Gasteiger partial charge in [0.05, 0.1) is 6.54 Å². The normalized spacial score (nSPS) is 14.0. The maximum atomic E-state index is 11.8. The average molecular weight is 235 g/mol. The molecular weight excluding hydrogens is 219 g/mol. The average Bonchev–Trinajstić information content (AvgIpc) is 2.63. The molecule has 0 aliphatic carbocycles. The monoisotopic (exact) mass is 235 g/mol. The number of nitrogens with one attached hydrogen (secondary N) is 1. The number of halogens is 3. The van der Waals surface area contributed by atoms with E-state index >= 15 is 0 Å². The fourth-order valence-corrected chi connectivity index (χ4v) is 1.39. The van der Waals surface area contributed by atoms with Gasteiger partial charge in [0.1, 0.15) is 0 Å². The first kappa shape index (κ1) is 13.0. The van der Waals surface area contributed by atoms with E-state index in [1.54, 1.807) is 10.9 Å². The number of hydrogen-bond donors (Lipinski definition) is 1. The van der Waals surface area contributed by atoms with E-state index in [1.807, 2.05) is 19.2 Å². The molecule has 1 aromatic rings. The lowest BCUT2D eigenvalue weighted by molar-refractivity contribution is -0.135. The maximum Gasteiger partial charge on any atom is 0.389 e. The molecule has 0 aliphatic rings. The molecule has 3 nitrogen and oxygen atoms in total. The zero-order chi connectivity index (χ0) is 12.0. The fourth-order valence-electron chi connectivity index (χ4n) is 1.39. The summed E-state index contributed by atoms with van der Waals surface area (Å²) >= 11 is 0. The highest BCUT2D eigenvalue weighted by Gasteiger charge is 2.25. The third-order valence-corrected chi connectivity index (χ3v) is 2.15. The van der Waals surface area contributed by atoms with Crippen LogP contribution in [0.4, 0.5) is 13.2 Å². The van der Waals surface area contributed by atoms with Crippen LogP contribution in [0.5, 0.6) is 0 Å². The molecule has 0 radical (unpaired) electrons. The summed E-state index contributed by atoms with van der Waals surface area (Å²) < 4.78 is 37.3. The van der Waals surface area contributed by atoms with Crippen molar-refractivity contribution in [2.75, 3.05) is 6.54 Å². The predicted octanol–water partition coefficient (Wildman–Crippen LogP) is 2.20. The lowest BCUT2D eigenvalue weighted by Gasteiger charge is -2.14. The van der Waals surface area contributed by atoms with Crippen LogP contribution in [0.2, 0.25) is 0 Å². The number of nitrogens with zero attached hydrogens (tertiary/aromatic N) is 2. The van der Waals surface area contributed by atoms with E-state index < -0.39 is 12.6 Å². The number of hydrogen-bond acceptors (Lipinski definition) is 2. The second-order valence-corrected chi connectivity index (χ2v) is 3.80. The van der Waals surface area contributed by atoms with E-state index in [4.69, 9.17) is 0 Å². The largest absolute Gasteiger partial charge is 0.389 e. The Bertz CT molecular complexity index is 282. The van der Waals surface area contributed by atoms with Gasteiger partial charge >= 0.3 is 6.18 Å². The standard InChI is InChI=1S/C10H16F3N3/c1-9(8-16-7-3-6-15-16)14-5-2-4-10(11,12)13/h3,6-7,9,14H,2,4-5,8H2,1H3. The molecule has 6 heteroatoms. The van der Waals surface area contributed by atoms with Crippen molar-refractivity contribution in [3.05, 3.63) is 18.5 Å². The smallest absolute Gasteiger partial charge is 0.312 e. The second-order valence-electron chi connectivity index (χ2n) is 3.80. The van der Waals surface area contributed by atoms with Crippen molar-refractivity contribution >= 4 is 0 Å². The van der Waals surface area contributed by atoms with Crippen molar-refractivity contribution in [3.8, 4) is 0 Å². The molecular formula is C10H16F3N3. The predicted molar refractivity (Wildman–Crippen MR) is 55.0 cm³/mol. The van der Waals surface area contributed by atoms with E-state index in [-0.39, 0.29) is 12.5 Å². The van der Waals surface area contributed by atoms with Gasteiger partial charge in [-0.05, 0) is 26.0 Å². The van der Waals surface area contributed by atoms with Crippen LogP contribution in [0.15, 0.2) is 18.5 Å². The Kier molecular flexibility index (Phi) is 4.79. The molecule has 92 valence electrons. The van der Waals surface area contributed by atoms with Gasteiger partial charge in [0.25, 0.3) is 0 Å². The highest BCUT2D eigenvalue weighted by molar-refractivity contribution is 4.78. The Morgan fingerprint density at radius 1 is 1.44 bits per heavy atom. The third kappa shape index (κ3) is 5.75. The van der Waals surface area contributed by atoms with Gasteiger partial charge in [0.2, 0.25) is 0 Å². The van der Waals surface area contributed by atoms with Gasteiger partial charge in [0, 0.05) is 24.9 Å². The van der Waals surface area contributed by atoms with Crippen molar-refractivity contribution in [1.82, 2.24) is 15.1 Å². The van der Waals surface area contributed by atoms with Crippen molar-refractivity contribution in [3.63, 3.8) is 0 Å². The molecule has 1 heterocycles. The zero-order valence-corrected chi connectivity index (χ0v) is 9.17. The van der Waals surface area contributed by atoms with Crippen LogP contribution >= 0.6 is 0 Å². The van der Waals surface area contributed by atoms with Crippen LogP contribution in [-0.4, -0.2) is 28.5 Å². The molecule has 0 aliphatic heterocycles. The first-order valence-electron chi connectivity index (χ1n) is 5.25. The molecule has 0 saturated heterocycles. The lowest BCUT2D eigenvalue weighted by atomic mass is 10.2. The minimum Gasteiger partial charge on any atom is -0.312 e. The Hall–Kier alpha value is -1.04. The Balaban J connectivity index is 2.09. The summed E-state index contributed by atoms with van der Waals surface area (Å²) in [4.78, 5) is 0. The van der Waals surface area contributed by atoms with Crippen molar-refractivity contribution in [2.24, 2.45) is 0 Å². The molecule has 0 saturated carbocycles. The summed E-state index contributed by atoms with van der Waals surface area (Å²) in [5.41, 5.74) is 0. The minimum atomic E-state index is -4.05. The van der Waals surface area contributed by atoms with E-state index in [9.17, 15) is 13.2 Å². The maximum absolute atomic E-state index is 11.8. The van der Waals surface area contributed by atoms with Gasteiger partial charge in [-0.15, -0.1) is 0 Å². The summed E-state index contributed by atoms with van der Waals surface area (Å²) in [6.45, 7) is 2.97. The molecule has 0 spiro atoms. The topological polar surface area (TPSA) is 29.9 Å². The van der Waals surface area contributed by atoms with Crippen LogP contribution in [0.1, 0.15) is 19.8 Å². The van der Waals surface area contributed by atoms with Crippen LogP contribution in [0.3, 0.4) is 0 Å². The summed E-state index contributed by atoms with van der Waals surface area (Å²) in [5.74, 6) is 0. The summed E-state index contributed by atoms with van der Waals surface area (Å²) in [5, 5.41) is 7.05. The van der Waals surface area contributed by atoms with Gasteiger partial charge in [0.15, 0.2) is 0 Å². The van der Waals surface area contributed by atoms with Crippen molar-refractivity contribution < 1.29 is 13.2 Å². The van der Waals surface area contributed by atoms with Crippen molar-refractivity contribution in [1.29, 1.82) is 0 Å². The second kappa shape index (κ2) is 5.89. The molecule has 0 bridgehead atoms. The first-order chi connectivity index (χ1) is 7.47. The number of aromatic nitrogens is 2.